The van der Waals surface area contributed by atoms with Gasteiger partial charge in [0.1, 0.15) is 5.82 Å². The second-order valence-electron chi connectivity index (χ2n) is 8.54. The van der Waals surface area contributed by atoms with Crippen molar-refractivity contribution >= 4 is 15.5 Å². The van der Waals surface area contributed by atoms with Crippen LogP contribution in [0, 0.1) is 17.7 Å². The lowest BCUT2D eigenvalue weighted by Gasteiger charge is -2.31. The van der Waals surface area contributed by atoms with E-state index in [1.165, 1.54) is 17.7 Å². The Morgan fingerprint density at radius 1 is 1.08 bits per heavy atom. The Morgan fingerprint density at radius 2 is 1.69 bits per heavy atom. The first-order valence-corrected chi connectivity index (χ1v) is 11.0. The molecule has 3 nitrogen and oxygen atoms in total. The summed E-state index contributed by atoms with van der Waals surface area (Å²) in [5, 5.41) is 0. The molecule has 5 heteroatoms. The number of allylic oxidation sites excluding steroid dienone is 1. The maximum Gasteiger partial charge on any atom is 0.155 e. The van der Waals surface area contributed by atoms with Crippen molar-refractivity contribution < 1.29 is 12.8 Å². The summed E-state index contributed by atoms with van der Waals surface area (Å²) in [5.74, 6) is 0.833. The highest BCUT2D eigenvalue weighted by Crippen LogP contribution is 2.36. The van der Waals surface area contributed by atoms with E-state index in [9.17, 15) is 12.8 Å². The molecule has 1 aromatic carbocycles. The van der Waals surface area contributed by atoms with Crippen molar-refractivity contribution in [3.8, 4) is 0 Å². The molecule has 0 radical (unpaired) electrons. The van der Waals surface area contributed by atoms with E-state index < -0.39 is 14.6 Å². The molecule has 2 aliphatic rings. The van der Waals surface area contributed by atoms with Crippen LogP contribution in [0.25, 0.3) is 0 Å². The minimum atomic E-state index is -3.05. The van der Waals surface area contributed by atoms with Gasteiger partial charge in [0.2, 0.25) is 0 Å². The first-order valence-electron chi connectivity index (χ1n) is 9.39. The minimum absolute atomic E-state index is 0.236. The van der Waals surface area contributed by atoms with Gasteiger partial charge >= 0.3 is 0 Å². The van der Waals surface area contributed by atoms with Crippen LogP contribution in [0.5, 0.6) is 0 Å². The van der Waals surface area contributed by atoms with Crippen molar-refractivity contribution in [2.45, 2.75) is 51.2 Å². The van der Waals surface area contributed by atoms with E-state index >= 15 is 0 Å². The lowest BCUT2D eigenvalue weighted by molar-refractivity contribution is 0.319. The molecule has 142 valence electrons. The van der Waals surface area contributed by atoms with E-state index in [1.807, 2.05) is 0 Å². The second kappa shape index (κ2) is 7.26. The highest BCUT2D eigenvalue weighted by atomic mass is 32.2. The van der Waals surface area contributed by atoms with Gasteiger partial charge in [-0.2, -0.15) is 0 Å². The lowest BCUT2D eigenvalue weighted by Crippen LogP contribution is -2.34. The minimum Gasteiger partial charge on any atom is -0.280 e. The molecular formula is C21H28FNO2S. The summed E-state index contributed by atoms with van der Waals surface area (Å²) in [5.41, 5.74) is 3.21. The molecule has 0 saturated heterocycles. The number of sulfone groups is 1. The van der Waals surface area contributed by atoms with Gasteiger partial charge in [0.25, 0.3) is 0 Å². The predicted molar refractivity (Wildman–Crippen MR) is 105 cm³/mol. The molecule has 1 heterocycles. The number of halogens is 1. The van der Waals surface area contributed by atoms with Gasteiger partial charge in [0.05, 0.1) is 22.8 Å². The molecular weight excluding hydrogens is 349 g/mol. The molecule has 1 aromatic rings. The summed E-state index contributed by atoms with van der Waals surface area (Å²) in [6, 6.07) is 6.46. The van der Waals surface area contributed by atoms with Gasteiger partial charge in [0, 0.05) is 0 Å². The Morgan fingerprint density at radius 3 is 2.27 bits per heavy atom. The SMILES string of the molecule is CC(C)(C)S(=O)(=O)CC1CCC(C2=CC(c3ccc(F)cc3)=NC2)CC1. The van der Waals surface area contributed by atoms with E-state index in [2.05, 4.69) is 11.1 Å². The molecule has 26 heavy (non-hydrogen) atoms. The smallest absolute Gasteiger partial charge is 0.155 e. The summed E-state index contributed by atoms with van der Waals surface area (Å²) >= 11 is 0. The third kappa shape index (κ3) is 4.25. The molecule has 3 rings (SSSR count). The van der Waals surface area contributed by atoms with Crippen molar-refractivity contribution in [1.29, 1.82) is 0 Å². The van der Waals surface area contributed by atoms with Crippen molar-refractivity contribution in [3.63, 3.8) is 0 Å². The second-order valence-corrected chi connectivity index (χ2v) is 11.3. The zero-order chi connectivity index (χ0) is 18.9. The first-order chi connectivity index (χ1) is 12.2. The zero-order valence-electron chi connectivity index (χ0n) is 15.8. The topological polar surface area (TPSA) is 46.5 Å². The Balaban J connectivity index is 1.58. The molecule has 0 unspecified atom stereocenters. The first kappa shape index (κ1) is 19.3. The van der Waals surface area contributed by atoms with E-state index in [0.29, 0.717) is 18.2 Å². The fraction of sp³-hybridized carbons (Fsp3) is 0.571. The molecule has 0 aromatic heterocycles. The summed E-state index contributed by atoms with van der Waals surface area (Å²) in [6.45, 7) is 6.06. The van der Waals surface area contributed by atoms with Crippen molar-refractivity contribution in [2.24, 2.45) is 16.8 Å². The van der Waals surface area contributed by atoms with Gasteiger partial charge in [0.15, 0.2) is 9.84 Å². The molecule has 0 amide bonds. The van der Waals surface area contributed by atoms with E-state index in [0.717, 1.165) is 37.0 Å². The summed E-state index contributed by atoms with van der Waals surface area (Å²) in [6.07, 6.45) is 6.13. The highest BCUT2D eigenvalue weighted by molar-refractivity contribution is 7.92. The van der Waals surface area contributed by atoms with Gasteiger partial charge in [-0.25, -0.2) is 12.8 Å². The predicted octanol–water partition coefficient (Wildman–Crippen LogP) is 4.57. The number of aliphatic imine (C=N–C) groups is 1. The molecule has 1 aliphatic carbocycles. The van der Waals surface area contributed by atoms with Gasteiger partial charge < -0.3 is 0 Å². The molecule has 0 atom stereocenters. The summed E-state index contributed by atoms with van der Waals surface area (Å²) in [4.78, 5) is 4.61. The fourth-order valence-electron chi connectivity index (χ4n) is 3.75. The Bertz CT molecular complexity index is 809. The summed E-state index contributed by atoms with van der Waals surface area (Å²) < 4.78 is 37.3. The summed E-state index contributed by atoms with van der Waals surface area (Å²) in [7, 11) is -3.05. The number of hydrogen-bond acceptors (Lipinski definition) is 3. The maximum absolute atomic E-state index is 13.1. The normalized spacial score (nSPS) is 24.3. The van der Waals surface area contributed by atoms with E-state index in [1.54, 1.807) is 32.9 Å². The molecule has 1 aliphatic heterocycles. The van der Waals surface area contributed by atoms with Crippen LogP contribution in [0.3, 0.4) is 0 Å². The zero-order valence-corrected chi connectivity index (χ0v) is 16.7. The number of benzene rings is 1. The molecule has 0 spiro atoms. The van der Waals surface area contributed by atoms with Crippen LogP contribution >= 0.6 is 0 Å². The average Bonchev–Trinajstić information content (AvgIpc) is 3.05. The van der Waals surface area contributed by atoms with Crippen LogP contribution in [-0.2, 0) is 9.84 Å². The van der Waals surface area contributed by atoms with Crippen molar-refractivity contribution in [1.82, 2.24) is 0 Å². The monoisotopic (exact) mass is 377 g/mol. The molecule has 0 bridgehead atoms. The quantitative estimate of drug-likeness (QED) is 0.771. The maximum atomic E-state index is 13.1. The number of hydrogen-bond donors (Lipinski definition) is 0. The third-order valence-electron chi connectivity index (χ3n) is 5.65. The van der Waals surface area contributed by atoms with Crippen LogP contribution in [-0.4, -0.2) is 31.2 Å². The van der Waals surface area contributed by atoms with Gasteiger partial charge in [-0.05, 0) is 99.8 Å². The molecule has 0 N–H and O–H groups in total. The fourth-order valence-corrected chi connectivity index (χ4v) is 5.20. The van der Waals surface area contributed by atoms with Crippen molar-refractivity contribution in [3.05, 3.63) is 47.3 Å². The average molecular weight is 378 g/mol. The standard InChI is InChI=1S/C21H28FNO2S/c1-21(2,3)26(24,25)14-15-4-6-16(7-5-15)18-12-20(23-13-18)17-8-10-19(22)11-9-17/h8-12,15-16H,4-7,13-14H2,1-3H3. The van der Waals surface area contributed by atoms with Crippen LogP contribution in [0.4, 0.5) is 4.39 Å². The Kier molecular flexibility index (Phi) is 5.38. The van der Waals surface area contributed by atoms with Crippen LogP contribution in [0.2, 0.25) is 0 Å². The highest BCUT2D eigenvalue weighted by Gasteiger charge is 2.34. The lowest BCUT2D eigenvalue weighted by atomic mass is 9.79. The van der Waals surface area contributed by atoms with E-state index in [4.69, 9.17) is 0 Å². The molecule has 1 saturated carbocycles. The number of rotatable bonds is 4. The molecule has 1 fully saturated rings. The van der Waals surface area contributed by atoms with Crippen LogP contribution in [0.1, 0.15) is 52.0 Å². The van der Waals surface area contributed by atoms with Crippen LogP contribution < -0.4 is 0 Å². The van der Waals surface area contributed by atoms with Gasteiger partial charge in [-0.1, -0.05) is 0 Å². The van der Waals surface area contributed by atoms with E-state index in [-0.39, 0.29) is 11.7 Å². The van der Waals surface area contributed by atoms with Gasteiger partial charge in [-0.15, -0.1) is 0 Å². The Hall–Kier alpha value is -1.49. The van der Waals surface area contributed by atoms with Crippen molar-refractivity contribution in [2.75, 3.05) is 12.3 Å². The largest absolute Gasteiger partial charge is 0.280 e. The van der Waals surface area contributed by atoms with Crippen LogP contribution in [0.15, 0.2) is 40.9 Å². The third-order valence-corrected chi connectivity index (χ3v) is 8.43. The Labute approximate surface area is 156 Å². The van der Waals surface area contributed by atoms with Gasteiger partial charge in [-0.3, -0.25) is 4.99 Å². The number of nitrogens with zero attached hydrogens (tertiary/aromatic N) is 1.